The maximum absolute atomic E-state index is 12.2. The Morgan fingerprint density at radius 1 is 1.24 bits per heavy atom. The van der Waals surface area contributed by atoms with Crippen molar-refractivity contribution in [1.29, 1.82) is 0 Å². The number of thiazole rings is 1. The highest BCUT2D eigenvalue weighted by molar-refractivity contribution is 7.15. The fourth-order valence-corrected chi connectivity index (χ4v) is 3.74. The first kappa shape index (κ1) is 21.1. The van der Waals surface area contributed by atoms with Crippen molar-refractivity contribution < 1.29 is 19.1 Å². The normalized spacial score (nSPS) is 10.4. The van der Waals surface area contributed by atoms with E-state index < -0.39 is 0 Å². The Kier molecular flexibility index (Phi) is 7.09. The van der Waals surface area contributed by atoms with E-state index in [4.69, 9.17) is 32.7 Å². The SMILES string of the molecule is COc1ccc(C=O)cc1OCC(=O)Nc1ncc(Cc2cccc(Cl)c2Cl)s1. The summed E-state index contributed by atoms with van der Waals surface area (Å²) >= 11 is 13.6. The largest absolute Gasteiger partial charge is 0.493 e. The van der Waals surface area contributed by atoms with Gasteiger partial charge in [-0.05, 0) is 29.8 Å². The highest BCUT2D eigenvalue weighted by Gasteiger charge is 2.12. The van der Waals surface area contributed by atoms with Crippen LogP contribution in [0, 0.1) is 0 Å². The summed E-state index contributed by atoms with van der Waals surface area (Å²) in [6.07, 6.45) is 2.92. The molecule has 1 N–H and O–H groups in total. The minimum Gasteiger partial charge on any atom is -0.493 e. The molecule has 0 aliphatic heterocycles. The number of ether oxygens (including phenoxy) is 2. The topological polar surface area (TPSA) is 77.5 Å². The van der Waals surface area contributed by atoms with Gasteiger partial charge in [-0.25, -0.2) is 4.98 Å². The van der Waals surface area contributed by atoms with Crippen LogP contribution in [0.3, 0.4) is 0 Å². The molecule has 150 valence electrons. The van der Waals surface area contributed by atoms with Gasteiger partial charge < -0.3 is 9.47 Å². The number of halogens is 2. The van der Waals surface area contributed by atoms with Crippen LogP contribution in [-0.4, -0.2) is 30.9 Å². The quantitative estimate of drug-likeness (QED) is 0.494. The van der Waals surface area contributed by atoms with E-state index in [1.54, 1.807) is 24.4 Å². The number of nitrogens with one attached hydrogen (secondary N) is 1. The lowest BCUT2D eigenvalue weighted by Crippen LogP contribution is -2.20. The van der Waals surface area contributed by atoms with Gasteiger partial charge in [-0.1, -0.05) is 35.3 Å². The number of anilines is 1. The first-order valence-electron chi connectivity index (χ1n) is 8.43. The average molecular weight is 451 g/mol. The maximum atomic E-state index is 12.2. The Balaban J connectivity index is 1.59. The summed E-state index contributed by atoms with van der Waals surface area (Å²) < 4.78 is 10.7. The first-order valence-corrected chi connectivity index (χ1v) is 10.0. The lowest BCUT2D eigenvalue weighted by Gasteiger charge is -2.10. The van der Waals surface area contributed by atoms with Gasteiger partial charge in [-0.3, -0.25) is 14.9 Å². The molecular formula is C20H16Cl2N2O4S. The van der Waals surface area contributed by atoms with Gasteiger partial charge in [0.2, 0.25) is 0 Å². The molecule has 1 amide bonds. The van der Waals surface area contributed by atoms with Crippen molar-refractivity contribution in [3.63, 3.8) is 0 Å². The van der Waals surface area contributed by atoms with E-state index >= 15 is 0 Å². The van der Waals surface area contributed by atoms with E-state index in [9.17, 15) is 9.59 Å². The standard InChI is InChI=1S/C20H16Cl2N2O4S/c1-27-16-6-5-12(10-25)7-17(16)28-11-18(26)24-20-23-9-14(29-20)8-13-3-2-4-15(21)19(13)22/h2-7,9-10H,8,11H2,1H3,(H,23,24,26). The Hall–Kier alpha value is -2.61. The van der Waals surface area contributed by atoms with Crippen molar-refractivity contribution in [3.8, 4) is 11.5 Å². The van der Waals surface area contributed by atoms with E-state index in [1.807, 2.05) is 12.1 Å². The number of nitrogens with zero attached hydrogens (tertiary/aromatic N) is 1. The van der Waals surface area contributed by atoms with E-state index in [1.165, 1.54) is 24.5 Å². The van der Waals surface area contributed by atoms with Crippen molar-refractivity contribution in [3.05, 3.63) is 68.6 Å². The first-order chi connectivity index (χ1) is 14.0. The van der Waals surface area contributed by atoms with Crippen molar-refractivity contribution in [2.45, 2.75) is 6.42 Å². The second-order valence-corrected chi connectivity index (χ2v) is 7.79. The molecule has 3 aromatic rings. The zero-order valence-electron chi connectivity index (χ0n) is 15.3. The Labute approximate surface area is 181 Å². The molecule has 1 heterocycles. The van der Waals surface area contributed by atoms with Gasteiger partial charge in [0.15, 0.2) is 23.2 Å². The van der Waals surface area contributed by atoms with Crippen LogP contribution >= 0.6 is 34.5 Å². The summed E-state index contributed by atoms with van der Waals surface area (Å²) in [5.41, 5.74) is 1.30. The van der Waals surface area contributed by atoms with Crippen molar-refractivity contribution >= 4 is 51.9 Å². The van der Waals surface area contributed by atoms with Crippen LogP contribution < -0.4 is 14.8 Å². The van der Waals surface area contributed by atoms with E-state index in [0.717, 1.165) is 10.4 Å². The summed E-state index contributed by atoms with van der Waals surface area (Å²) in [6.45, 7) is -0.256. The van der Waals surface area contributed by atoms with Gasteiger partial charge in [-0.2, -0.15) is 0 Å². The number of hydrogen-bond donors (Lipinski definition) is 1. The Bertz CT molecular complexity index is 1040. The number of carbonyl (C=O) groups excluding carboxylic acids is 2. The summed E-state index contributed by atoms with van der Waals surface area (Å²) in [7, 11) is 1.48. The summed E-state index contributed by atoms with van der Waals surface area (Å²) in [4.78, 5) is 28.2. The van der Waals surface area contributed by atoms with Crippen molar-refractivity contribution in [2.75, 3.05) is 19.0 Å². The fraction of sp³-hybridized carbons (Fsp3) is 0.150. The van der Waals surface area contributed by atoms with E-state index in [0.29, 0.717) is 44.9 Å². The highest BCUT2D eigenvalue weighted by atomic mass is 35.5. The third-order valence-corrected chi connectivity index (χ3v) is 5.65. The Morgan fingerprint density at radius 2 is 2.07 bits per heavy atom. The minimum atomic E-state index is -0.384. The molecule has 0 saturated carbocycles. The smallest absolute Gasteiger partial charge is 0.264 e. The maximum Gasteiger partial charge on any atom is 0.264 e. The average Bonchev–Trinajstić information content (AvgIpc) is 3.16. The molecule has 2 aromatic carbocycles. The molecular weight excluding hydrogens is 435 g/mol. The molecule has 0 aliphatic carbocycles. The van der Waals surface area contributed by atoms with Crippen LogP contribution in [0.1, 0.15) is 20.8 Å². The highest BCUT2D eigenvalue weighted by Crippen LogP contribution is 2.30. The zero-order valence-corrected chi connectivity index (χ0v) is 17.6. The Morgan fingerprint density at radius 3 is 2.83 bits per heavy atom. The van der Waals surface area contributed by atoms with Crippen molar-refractivity contribution in [2.24, 2.45) is 0 Å². The molecule has 29 heavy (non-hydrogen) atoms. The van der Waals surface area contributed by atoms with Crippen LogP contribution in [0.25, 0.3) is 0 Å². The van der Waals surface area contributed by atoms with Gasteiger partial charge in [0.05, 0.1) is 17.2 Å². The van der Waals surface area contributed by atoms with Gasteiger partial charge in [0, 0.05) is 23.1 Å². The monoisotopic (exact) mass is 450 g/mol. The van der Waals surface area contributed by atoms with Crippen molar-refractivity contribution in [1.82, 2.24) is 4.98 Å². The molecule has 0 fully saturated rings. The number of aldehydes is 1. The zero-order chi connectivity index (χ0) is 20.8. The summed E-state index contributed by atoms with van der Waals surface area (Å²) in [6, 6.07) is 10.2. The third kappa shape index (κ3) is 5.47. The second-order valence-electron chi connectivity index (χ2n) is 5.89. The molecule has 9 heteroatoms. The number of amides is 1. The fourth-order valence-electron chi connectivity index (χ4n) is 2.50. The van der Waals surface area contributed by atoms with Gasteiger partial charge in [0.1, 0.15) is 6.29 Å². The van der Waals surface area contributed by atoms with Crippen LogP contribution in [0.4, 0.5) is 5.13 Å². The van der Waals surface area contributed by atoms with Crippen LogP contribution in [0.15, 0.2) is 42.6 Å². The summed E-state index contributed by atoms with van der Waals surface area (Å²) in [5.74, 6) is 0.353. The molecule has 0 bridgehead atoms. The van der Waals surface area contributed by atoms with Gasteiger partial charge in [0.25, 0.3) is 5.91 Å². The number of hydrogen-bond acceptors (Lipinski definition) is 6. The molecule has 0 aliphatic rings. The van der Waals surface area contributed by atoms with Gasteiger partial charge >= 0.3 is 0 Å². The number of rotatable bonds is 8. The predicted octanol–water partition coefficient (Wildman–Crippen LogP) is 4.88. The summed E-state index contributed by atoms with van der Waals surface area (Å²) in [5, 5.41) is 4.13. The lowest BCUT2D eigenvalue weighted by molar-refractivity contribution is -0.118. The molecule has 1 aromatic heterocycles. The number of aromatic nitrogens is 1. The number of benzene rings is 2. The number of methoxy groups -OCH3 is 1. The lowest BCUT2D eigenvalue weighted by atomic mass is 10.1. The molecule has 0 saturated heterocycles. The molecule has 0 atom stereocenters. The molecule has 0 radical (unpaired) electrons. The molecule has 0 spiro atoms. The van der Waals surface area contributed by atoms with Crippen LogP contribution in [-0.2, 0) is 11.2 Å². The predicted molar refractivity (Wildman–Crippen MR) is 114 cm³/mol. The van der Waals surface area contributed by atoms with E-state index in [2.05, 4.69) is 10.3 Å². The number of carbonyl (C=O) groups is 2. The molecule has 0 unspecified atom stereocenters. The molecule has 3 rings (SSSR count). The third-order valence-electron chi connectivity index (χ3n) is 3.88. The van der Waals surface area contributed by atoms with Crippen LogP contribution in [0.5, 0.6) is 11.5 Å². The van der Waals surface area contributed by atoms with Crippen LogP contribution in [0.2, 0.25) is 10.0 Å². The second kappa shape index (κ2) is 9.73. The minimum absolute atomic E-state index is 0.256. The molecule has 6 nitrogen and oxygen atoms in total. The van der Waals surface area contributed by atoms with E-state index in [-0.39, 0.29) is 12.5 Å². The van der Waals surface area contributed by atoms with Gasteiger partial charge in [-0.15, -0.1) is 11.3 Å².